The summed E-state index contributed by atoms with van der Waals surface area (Å²) >= 11 is 0. The molecule has 2 N–H and O–H groups in total. The third-order valence-electron chi connectivity index (χ3n) is 4.77. The lowest BCUT2D eigenvalue weighted by molar-refractivity contribution is -0.122. The summed E-state index contributed by atoms with van der Waals surface area (Å²) in [5.41, 5.74) is 0.913. The monoisotopic (exact) mass is 390 g/mol. The summed E-state index contributed by atoms with van der Waals surface area (Å²) in [4.78, 5) is 23.8. The van der Waals surface area contributed by atoms with Gasteiger partial charge >= 0.3 is 6.09 Å². The Morgan fingerprint density at radius 2 is 1.46 bits per heavy atom. The predicted molar refractivity (Wildman–Crippen MR) is 114 cm³/mol. The van der Waals surface area contributed by atoms with Gasteiger partial charge in [-0.25, -0.2) is 4.79 Å². The fraction of sp³-hybridized carbons (Fsp3) is 0.652. The van der Waals surface area contributed by atoms with Gasteiger partial charge in [0.25, 0.3) is 0 Å². The van der Waals surface area contributed by atoms with E-state index < -0.39 is 12.1 Å². The van der Waals surface area contributed by atoms with Crippen LogP contribution in [0.3, 0.4) is 0 Å². The molecule has 1 atom stereocenters. The van der Waals surface area contributed by atoms with Crippen molar-refractivity contribution in [1.29, 1.82) is 0 Å². The molecule has 0 saturated carbocycles. The Morgan fingerprint density at radius 3 is 2.07 bits per heavy atom. The second-order valence-corrected chi connectivity index (χ2v) is 7.40. The summed E-state index contributed by atoms with van der Waals surface area (Å²) in [6.45, 7) is 4.75. The minimum Gasteiger partial charge on any atom is -0.445 e. The Bertz CT molecular complexity index is 534. The number of ether oxygens (including phenoxy) is 1. The van der Waals surface area contributed by atoms with Gasteiger partial charge in [-0.1, -0.05) is 95.0 Å². The molecule has 28 heavy (non-hydrogen) atoms. The second-order valence-electron chi connectivity index (χ2n) is 7.40. The van der Waals surface area contributed by atoms with Crippen LogP contribution in [-0.4, -0.2) is 24.6 Å². The van der Waals surface area contributed by atoms with E-state index in [9.17, 15) is 9.59 Å². The number of unbranched alkanes of at least 4 members (excludes halogenated alkanes) is 9. The van der Waals surface area contributed by atoms with E-state index in [1.807, 2.05) is 30.3 Å². The van der Waals surface area contributed by atoms with E-state index in [4.69, 9.17) is 4.74 Å². The zero-order valence-electron chi connectivity index (χ0n) is 17.7. The third-order valence-corrected chi connectivity index (χ3v) is 4.77. The van der Waals surface area contributed by atoms with Crippen LogP contribution in [0.1, 0.15) is 83.6 Å². The molecule has 0 saturated heterocycles. The molecule has 0 bridgehead atoms. The van der Waals surface area contributed by atoms with Gasteiger partial charge in [-0.2, -0.15) is 0 Å². The van der Waals surface area contributed by atoms with E-state index in [1.54, 1.807) is 6.92 Å². The van der Waals surface area contributed by atoms with Crippen molar-refractivity contribution in [2.45, 2.75) is 90.7 Å². The summed E-state index contributed by atoms with van der Waals surface area (Å²) in [6.07, 6.45) is 12.1. The first kappa shape index (κ1) is 24.0. The molecule has 0 aliphatic carbocycles. The van der Waals surface area contributed by atoms with Crippen molar-refractivity contribution < 1.29 is 14.3 Å². The van der Waals surface area contributed by atoms with Gasteiger partial charge in [-0.05, 0) is 18.9 Å². The summed E-state index contributed by atoms with van der Waals surface area (Å²) < 4.78 is 5.13. The first-order valence-electron chi connectivity index (χ1n) is 10.9. The highest BCUT2D eigenvalue weighted by atomic mass is 16.5. The number of rotatable bonds is 15. The lowest BCUT2D eigenvalue weighted by Crippen LogP contribution is -2.45. The number of hydrogen-bond donors (Lipinski definition) is 2. The van der Waals surface area contributed by atoms with E-state index in [-0.39, 0.29) is 12.5 Å². The highest BCUT2D eigenvalue weighted by molar-refractivity contribution is 5.85. The number of benzene rings is 1. The molecule has 158 valence electrons. The van der Waals surface area contributed by atoms with E-state index >= 15 is 0 Å². The zero-order chi connectivity index (χ0) is 20.5. The van der Waals surface area contributed by atoms with Gasteiger partial charge in [-0.15, -0.1) is 0 Å². The molecule has 5 heteroatoms. The SMILES string of the molecule is CCCCCCCCCCCCNC(=O)[C@H](C)NC(=O)OCc1ccccc1. The quantitative estimate of drug-likeness (QED) is 0.397. The molecule has 0 fully saturated rings. The van der Waals surface area contributed by atoms with Crippen molar-refractivity contribution in [1.82, 2.24) is 10.6 Å². The topological polar surface area (TPSA) is 67.4 Å². The van der Waals surface area contributed by atoms with Gasteiger partial charge in [0.1, 0.15) is 12.6 Å². The van der Waals surface area contributed by atoms with Crippen LogP contribution in [0.25, 0.3) is 0 Å². The standard InChI is InChI=1S/C23H38N2O3/c1-3-4-5-6-7-8-9-10-11-15-18-24-22(26)20(2)25-23(27)28-19-21-16-13-12-14-17-21/h12-14,16-17,20H,3-11,15,18-19H2,1-2H3,(H,24,26)(H,25,27)/t20-/m0/s1. The smallest absolute Gasteiger partial charge is 0.408 e. The number of nitrogens with one attached hydrogen (secondary N) is 2. The molecule has 1 aromatic carbocycles. The average molecular weight is 391 g/mol. The van der Waals surface area contributed by atoms with Crippen LogP contribution >= 0.6 is 0 Å². The maximum Gasteiger partial charge on any atom is 0.408 e. The number of carbonyl (C=O) groups is 2. The molecular formula is C23H38N2O3. The molecule has 0 heterocycles. The van der Waals surface area contributed by atoms with Crippen LogP contribution in [0.4, 0.5) is 4.79 Å². The molecule has 1 aromatic rings. The van der Waals surface area contributed by atoms with E-state index in [0.717, 1.165) is 18.4 Å². The van der Waals surface area contributed by atoms with E-state index in [0.29, 0.717) is 6.54 Å². The summed E-state index contributed by atoms with van der Waals surface area (Å²) in [6, 6.07) is 8.85. The second kappa shape index (κ2) is 16.0. The van der Waals surface area contributed by atoms with Crippen molar-refractivity contribution in [3.05, 3.63) is 35.9 Å². The molecule has 5 nitrogen and oxygen atoms in total. The Morgan fingerprint density at radius 1 is 0.893 bits per heavy atom. The molecule has 2 amide bonds. The van der Waals surface area contributed by atoms with E-state index in [2.05, 4.69) is 17.6 Å². The molecule has 0 aliphatic rings. The van der Waals surface area contributed by atoms with Crippen molar-refractivity contribution in [2.24, 2.45) is 0 Å². The van der Waals surface area contributed by atoms with E-state index in [1.165, 1.54) is 51.4 Å². The Hall–Kier alpha value is -2.04. The van der Waals surface area contributed by atoms with Gasteiger partial charge in [-0.3, -0.25) is 4.79 Å². The fourth-order valence-electron chi connectivity index (χ4n) is 2.98. The lowest BCUT2D eigenvalue weighted by Gasteiger charge is -2.14. The lowest BCUT2D eigenvalue weighted by atomic mass is 10.1. The minimum absolute atomic E-state index is 0.174. The fourth-order valence-corrected chi connectivity index (χ4v) is 2.98. The Labute approximate surface area is 170 Å². The zero-order valence-corrected chi connectivity index (χ0v) is 17.7. The Balaban J connectivity index is 1.98. The molecule has 0 aromatic heterocycles. The molecule has 0 unspecified atom stereocenters. The molecule has 1 rings (SSSR count). The summed E-state index contributed by atoms with van der Waals surface area (Å²) in [5.74, 6) is -0.174. The molecule has 0 aliphatic heterocycles. The number of amides is 2. The third kappa shape index (κ3) is 12.4. The van der Waals surface area contributed by atoms with Crippen molar-refractivity contribution in [3.63, 3.8) is 0 Å². The Kier molecular flexibility index (Phi) is 13.7. The maximum absolute atomic E-state index is 12.0. The van der Waals surface area contributed by atoms with Crippen LogP contribution in [0, 0.1) is 0 Å². The number of alkyl carbamates (subject to hydrolysis) is 1. The van der Waals surface area contributed by atoms with Crippen LogP contribution in [0.2, 0.25) is 0 Å². The first-order chi connectivity index (χ1) is 13.6. The van der Waals surface area contributed by atoms with Crippen LogP contribution in [-0.2, 0) is 16.1 Å². The molecule has 0 spiro atoms. The predicted octanol–water partition coefficient (Wildman–Crippen LogP) is 5.34. The van der Waals surface area contributed by atoms with Gasteiger partial charge in [0.2, 0.25) is 5.91 Å². The first-order valence-corrected chi connectivity index (χ1v) is 10.9. The summed E-state index contributed by atoms with van der Waals surface area (Å²) in [7, 11) is 0. The number of hydrogen-bond acceptors (Lipinski definition) is 3. The highest BCUT2D eigenvalue weighted by Gasteiger charge is 2.15. The minimum atomic E-state index is -0.605. The van der Waals surface area contributed by atoms with Gasteiger partial charge in [0.15, 0.2) is 0 Å². The van der Waals surface area contributed by atoms with Crippen molar-refractivity contribution in [3.8, 4) is 0 Å². The highest BCUT2D eigenvalue weighted by Crippen LogP contribution is 2.10. The summed E-state index contributed by atoms with van der Waals surface area (Å²) in [5, 5.41) is 5.44. The van der Waals surface area contributed by atoms with Crippen LogP contribution < -0.4 is 10.6 Å². The normalized spacial score (nSPS) is 11.6. The van der Waals surface area contributed by atoms with Crippen LogP contribution in [0.5, 0.6) is 0 Å². The van der Waals surface area contributed by atoms with Crippen LogP contribution in [0.15, 0.2) is 30.3 Å². The van der Waals surface area contributed by atoms with Crippen molar-refractivity contribution in [2.75, 3.05) is 6.54 Å². The van der Waals surface area contributed by atoms with Gasteiger partial charge < -0.3 is 15.4 Å². The van der Waals surface area contributed by atoms with Crippen molar-refractivity contribution >= 4 is 12.0 Å². The average Bonchev–Trinajstić information content (AvgIpc) is 2.71. The maximum atomic E-state index is 12.0. The largest absolute Gasteiger partial charge is 0.445 e. The molecular weight excluding hydrogens is 352 g/mol. The number of carbonyl (C=O) groups excluding carboxylic acids is 2. The molecule has 0 radical (unpaired) electrons. The van der Waals surface area contributed by atoms with Gasteiger partial charge in [0.05, 0.1) is 0 Å². The van der Waals surface area contributed by atoms with Gasteiger partial charge in [0, 0.05) is 6.54 Å².